The number of carbonyl (C=O) groups is 1. The Morgan fingerprint density at radius 2 is 1.64 bits per heavy atom. The van der Waals surface area contributed by atoms with Crippen LogP contribution in [0.5, 0.6) is 0 Å². The molecule has 146 valence electrons. The minimum absolute atomic E-state index is 0.367. The maximum Gasteiger partial charge on any atom is 0.349 e. The number of likely N-dealkylation sites (N-methyl/N-ethyl adjacent to an activating group) is 1. The number of aliphatic hydroxyl groups is 1. The molecule has 4 nitrogen and oxygen atoms in total. The van der Waals surface area contributed by atoms with Crippen molar-refractivity contribution in [2.75, 3.05) is 7.05 Å². The number of halogens is 2. The van der Waals surface area contributed by atoms with Gasteiger partial charge in [-0.3, -0.25) is 4.90 Å². The third-order valence-electron chi connectivity index (χ3n) is 5.86. The largest absolute Gasteiger partial charge is 0.437 e. The smallest absolute Gasteiger partial charge is 0.349 e. The van der Waals surface area contributed by atoms with Crippen LogP contribution in [0.25, 0.3) is 0 Å². The standard InChI is InChI=1S/C22H21Br2NO3/c1-25-19-3-2-13-21(25,14-12-19)28-20(26)22(27,15-4-8-17(23)9-5-15)16-6-10-18(24)11-7-16/h2,4-11,13,19,27H,3,12,14H2,1H3/t19-,21-/m1/s1. The van der Waals surface area contributed by atoms with Gasteiger partial charge in [-0.25, -0.2) is 4.79 Å². The van der Waals surface area contributed by atoms with Crippen LogP contribution >= 0.6 is 31.9 Å². The van der Waals surface area contributed by atoms with Crippen molar-refractivity contribution < 1.29 is 14.6 Å². The molecule has 2 aromatic carbocycles. The zero-order chi connectivity index (χ0) is 19.9. The summed E-state index contributed by atoms with van der Waals surface area (Å²) >= 11 is 6.82. The molecule has 2 aromatic rings. The number of hydrogen-bond donors (Lipinski definition) is 1. The van der Waals surface area contributed by atoms with E-state index in [2.05, 4.69) is 42.8 Å². The number of carbonyl (C=O) groups excluding carboxylic acids is 1. The maximum absolute atomic E-state index is 13.5. The second kappa shape index (κ2) is 7.41. The molecule has 0 radical (unpaired) electrons. The predicted molar refractivity (Wildman–Crippen MR) is 115 cm³/mol. The van der Waals surface area contributed by atoms with Crippen LogP contribution in [0.2, 0.25) is 0 Å². The molecule has 1 N–H and O–H groups in total. The summed E-state index contributed by atoms with van der Waals surface area (Å²) in [6.07, 6.45) is 6.68. The molecule has 0 spiro atoms. The van der Waals surface area contributed by atoms with Crippen molar-refractivity contribution in [1.29, 1.82) is 0 Å². The summed E-state index contributed by atoms with van der Waals surface area (Å²) in [5, 5.41) is 11.7. The lowest BCUT2D eigenvalue weighted by Gasteiger charge is -2.40. The van der Waals surface area contributed by atoms with Crippen molar-refractivity contribution >= 4 is 37.8 Å². The molecule has 2 bridgehead atoms. The Morgan fingerprint density at radius 1 is 1.11 bits per heavy atom. The topological polar surface area (TPSA) is 49.8 Å². The van der Waals surface area contributed by atoms with Gasteiger partial charge in [-0.1, -0.05) is 62.2 Å². The molecule has 0 amide bonds. The minimum atomic E-state index is -1.90. The van der Waals surface area contributed by atoms with Crippen LogP contribution in [0.4, 0.5) is 0 Å². The van der Waals surface area contributed by atoms with Gasteiger partial charge in [0.1, 0.15) is 0 Å². The highest BCUT2D eigenvalue weighted by Crippen LogP contribution is 2.42. The lowest BCUT2D eigenvalue weighted by molar-refractivity contribution is -0.187. The fourth-order valence-electron chi connectivity index (χ4n) is 4.11. The molecule has 28 heavy (non-hydrogen) atoms. The first-order valence-electron chi connectivity index (χ1n) is 9.24. The second-order valence-corrected chi connectivity index (χ2v) is 9.23. The molecule has 2 aliphatic rings. The van der Waals surface area contributed by atoms with Crippen LogP contribution in [0.1, 0.15) is 30.4 Å². The molecule has 0 saturated carbocycles. The fraction of sp³-hybridized carbons (Fsp3) is 0.318. The SMILES string of the molecule is CN1[C@@H]2CC=C[C@@]1(OC(=O)C(O)(c1ccc(Br)cc1)c1ccc(Br)cc1)CC2. The number of ether oxygens (including phenoxy) is 1. The Kier molecular flexibility index (Phi) is 5.25. The zero-order valence-corrected chi connectivity index (χ0v) is 18.6. The third kappa shape index (κ3) is 3.26. The molecule has 1 fully saturated rings. The van der Waals surface area contributed by atoms with Crippen LogP contribution in [0.3, 0.4) is 0 Å². The van der Waals surface area contributed by atoms with E-state index in [1.165, 1.54) is 0 Å². The Labute approximate surface area is 181 Å². The van der Waals surface area contributed by atoms with Crippen LogP contribution in [0, 0.1) is 0 Å². The highest BCUT2D eigenvalue weighted by molar-refractivity contribution is 9.10. The van der Waals surface area contributed by atoms with Gasteiger partial charge < -0.3 is 9.84 Å². The molecular weight excluding hydrogens is 486 g/mol. The first-order chi connectivity index (χ1) is 13.3. The van der Waals surface area contributed by atoms with Crippen LogP contribution in [-0.2, 0) is 15.1 Å². The zero-order valence-electron chi connectivity index (χ0n) is 15.4. The van der Waals surface area contributed by atoms with E-state index >= 15 is 0 Å². The molecule has 0 unspecified atom stereocenters. The lowest BCUT2D eigenvalue weighted by atomic mass is 9.86. The van der Waals surface area contributed by atoms with E-state index < -0.39 is 17.3 Å². The first kappa shape index (κ1) is 19.8. The van der Waals surface area contributed by atoms with Crippen LogP contribution in [0.15, 0.2) is 69.6 Å². The summed E-state index contributed by atoms with van der Waals surface area (Å²) in [5.74, 6) is -0.670. The molecule has 4 rings (SSSR count). The van der Waals surface area contributed by atoms with E-state index in [9.17, 15) is 9.90 Å². The van der Waals surface area contributed by atoms with E-state index in [-0.39, 0.29) is 0 Å². The minimum Gasteiger partial charge on any atom is -0.437 e. The van der Waals surface area contributed by atoms with Gasteiger partial charge in [-0.2, -0.15) is 0 Å². The monoisotopic (exact) mass is 505 g/mol. The number of fused-ring (bicyclic) bond motifs is 2. The summed E-state index contributed by atoms with van der Waals surface area (Å²) < 4.78 is 7.78. The number of rotatable bonds is 4. The summed E-state index contributed by atoms with van der Waals surface area (Å²) in [5.41, 5.74) is -1.76. The van der Waals surface area contributed by atoms with E-state index in [0.717, 1.165) is 28.2 Å². The van der Waals surface area contributed by atoms with Crippen molar-refractivity contribution in [2.24, 2.45) is 0 Å². The van der Waals surface area contributed by atoms with E-state index in [0.29, 0.717) is 17.2 Å². The van der Waals surface area contributed by atoms with Crippen molar-refractivity contribution in [2.45, 2.75) is 36.6 Å². The second-order valence-electron chi connectivity index (χ2n) is 7.40. The Hall–Kier alpha value is -1.47. The molecule has 6 heteroatoms. The third-order valence-corrected chi connectivity index (χ3v) is 6.91. The highest BCUT2D eigenvalue weighted by Gasteiger charge is 2.51. The summed E-state index contributed by atoms with van der Waals surface area (Å²) in [6.45, 7) is 0. The Morgan fingerprint density at radius 3 is 2.18 bits per heavy atom. The van der Waals surface area contributed by atoms with Gasteiger partial charge in [0.25, 0.3) is 0 Å². The van der Waals surface area contributed by atoms with E-state index in [4.69, 9.17) is 4.74 Å². The summed E-state index contributed by atoms with van der Waals surface area (Å²) in [4.78, 5) is 15.6. The van der Waals surface area contributed by atoms with Crippen molar-refractivity contribution in [1.82, 2.24) is 4.90 Å². The molecule has 1 saturated heterocycles. The number of nitrogens with zero attached hydrogens (tertiary/aromatic N) is 1. The fourth-order valence-corrected chi connectivity index (χ4v) is 4.64. The Bertz CT molecular complexity index is 865. The summed E-state index contributed by atoms with van der Waals surface area (Å²) in [6, 6.07) is 14.6. The number of esters is 1. The van der Waals surface area contributed by atoms with E-state index in [1.54, 1.807) is 24.3 Å². The predicted octanol–water partition coefficient (Wildman–Crippen LogP) is 4.74. The average molecular weight is 507 g/mol. The summed E-state index contributed by atoms with van der Waals surface area (Å²) in [7, 11) is 1.98. The van der Waals surface area contributed by atoms with E-state index in [1.807, 2.05) is 37.4 Å². The van der Waals surface area contributed by atoms with Gasteiger partial charge in [-0.15, -0.1) is 0 Å². The molecule has 2 heterocycles. The van der Waals surface area contributed by atoms with Crippen LogP contribution < -0.4 is 0 Å². The van der Waals surface area contributed by atoms with Crippen molar-refractivity contribution in [3.63, 3.8) is 0 Å². The average Bonchev–Trinajstić information content (AvgIpc) is 2.86. The molecular formula is C22H21Br2NO3. The van der Waals surface area contributed by atoms with Gasteiger partial charge >= 0.3 is 5.97 Å². The van der Waals surface area contributed by atoms with Gasteiger partial charge in [0, 0.05) is 21.4 Å². The van der Waals surface area contributed by atoms with Gasteiger partial charge in [-0.05, 0) is 61.4 Å². The van der Waals surface area contributed by atoms with Gasteiger partial charge in [0.05, 0.1) is 0 Å². The van der Waals surface area contributed by atoms with Crippen LogP contribution in [-0.4, -0.2) is 34.8 Å². The quantitative estimate of drug-likeness (QED) is 0.480. The number of hydrogen-bond acceptors (Lipinski definition) is 4. The Balaban J connectivity index is 1.76. The lowest BCUT2D eigenvalue weighted by Crippen LogP contribution is -2.52. The molecule has 0 aromatic heterocycles. The first-order valence-corrected chi connectivity index (χ1v) is 10.8. The molecule has 2 aliphatic heterocycles. The number of benzene rings is 2. The highest BCUT2D eigenvalue weighted by atomic mass is 79.9. The normalized spacial score (nSPS) is 24.4. The van der Waals surface area contributed by atoms with Gasteiger partial charge in [0.15, 0.2) is 5.72 Å². The van der Waals surface area contributed by atoms with Crippen molar-refractivity contribution in [3.8, 4) is 0 Å². The molecule has 0 aliphatic carbocycles. The van der Waals surface area contributed by atoms with Gasteiger partial charge in [0.2, 0.25) is 5.60 Å². The molecule has 2 atom stereocenters. The maximum atomic E-state index is 13.5. The van der Waals surface area contributed by atoms with Crippen molar-refractivity contribution in [3.05, 3.63) is 80.8 Å².